The van der Waals surface area contributed by atoms with Crippen LogP contribution in [0.5, 0.6) is 5.75 Å². The first-order valence-electron chi connectivity index (χ1n) is 15.4. The van der Waals surface area contributed by atoms with E-state index in [0.717, 1.165) is 59.7 Å². The summed E-state index contributed by atoms with van der Waals surface area (Å²) in [5.41, 5.74) is 4.75. The highest BCUT2D eigenvalue weighted by atomic mass is 16.5. The van der Waals surface area contributed by atoms with E-state index >= 15 is 0 Å². The van der Waals surface area contributed by atoms with Crippen molar-refractivity contribution in [1.82, 2.24) is 30.1 Å². The molecule has 230 valence electrons. The smallest absolute Gasteiger partial charge is 0.319 e. The first-order valence-corrected chi connectivity index (χ1v) is 15.4. The lowest BCUT2D eigenvalue weighted by atomic mass is 9.85. The fourth-order valence-electron chi connectivity index (χ4n) is 6.34. The molecule has 2 aliphatic rings. The Morgan fingerprint density at radius 3 is 2.50 bits per heavy atom. The van der Waals surface area contributed by atoms with Gasteiger partial charge in [0.1, 0.15) is 11.9 Å². The van der Waals surface area contributed by atoms with Gasteiger partial charge in [0.05, 0.1) is 18.3 Å². The van der Waals surface area contributed by atoms with Gasteiger partial charge in [0.15, 0.2) is 11.5 Å². The highest BCUT2D eigenvalue weighted by molar-refractivity contribution is 5.97. The molecule has 3 heterocycles. The van der Waals surface area contributed by atoms with E-state index in [4.69, 9.17) is 4.74 Å². The van der Waals surface area contributed by atoms with Gasteiger partial charge in [0.25, 0.3) is 5.91 Å². The molecule has 3 atom stereocenters. The summed E-state index contributed by atoms with van der Waals surface area (Å²) in [4.78, 5) is 28.0. The molecule has 2 aromatic carbocycles. The number of urea groups is 1. The fourth-order valence-corrected chi connectivity index (χ4v) is 6.34. The predicted molar refractivity (Wildman–Crippen MR) is 170 cm³/mol. The number of ether oxygens (including phenoxy) is 1. The van der Waals surface area contributed by atoms with Crippen LogP contribution in [0.4, 0.5) is 10.5 Å². The molecule has 1 saturated heterocycles. The van der Waals surface area contributed by atoms with Crippen LogP contribution < -0.4 is 20.7 Å². The Morgan fingerprint density at radius 2 is 1.77 bits per heavy atom. The number of benzene rings is 2. The van der Waals surface area contributed by atoms with E-state index in [0.29, 0.717) is 17.7 Å². The number of amides is 3. The summed E-state index contributed by atoms with van der Waals surface area (Å²) < 4.78 is 8.64. The van der Waals surface area contributed by atoms with Gasteiger partial charge in [0.2, 0.25) is 0 Å². The van der Waals surface area contributed by atoms with Gasteiger partial charge in [-0.05, 0) is 91.7 Å². The number of nitrogens with zero attached hydrogens (tertiary/aromatic N) is 4. The van der Waals surface area contributed by atoms with Crippen molar-refractivity contribution in [3.63, 3.8) is 0 Å². The Labute approximate surface area is 258 Å². The molecule has 44 heavy (non-hydrogen) atoms. The molecule has 0 radical (unpaired) electrons. The van der Waals surface area contributed by atoms with Crippen LogP contribution in [0.3, 0.4) is 0 Å². The molecule has 2 aromatic heterocycles. The van der Waals surface area contributed by atoms with Gasteiger partial charge in [-0.15, -0.1) is 10.2 Å². The van der Waals surface area contributed by atoms with Crippen LogP contribution in [0, 0.1) is 0 Å². The van der Waals surface area contributed by atoms with E-state index in [1.165, 1.54) is 0 Å². The number of hydrogen-bond donors (Lipinski definition) is 3. The molecule has 3 amide bonds. The Bertz CT molecular complexity index is 1690. The van der Waals surface area contributed by atoms with Crippen LogP contribution in [-0.2, 0) is 5.41 Å². The van der Waals surface area contributed by atoms with Gasteiger partial charge in [-0.3, -0.25) is 14.1 Å². The minimum Gasteiger partial charge on any atom is -0.484 e. The summed E-state index contributed by atoms with van der Waals surface area (Å²) in [5, 5.41) is 17.7. The van der Waals surface area contributed by atoms with Crippen molar-refractivity contribution < 1.29 is 14.3 Å². The molecule has 3 N–H and O–H groups in total. The van der Waals surface area contributed by atoms with Crippen LogP contribution in [0.25, 0.3) is 5.65 Å². The number of pyridine rings is 1. The SMILES string of the molecule is CNC(=O)c1cc(NC(=O)N[C@H]2CC[C@@H](Oc3ccc4nnc(C5CCCN5C)n4c3)c3ccccc32)cc(C(C)(C)C)c1. The zero-order valence-corrected chi connectivity index (χ0v) is 26.1. The standard InChI is InChI=1S/C34H41N7O3/c1-34(2,3)22-17-21(32(42)35-4)18-23(19-22)36-33(43)37-27-13-14-29(26-10-7-6-9-25(26)27)44-24-12-15-30-38-39-31(41(30)20-24)28-11-8-16-40(28)5/h6-7,9-10,12,15,17-20,27-29H,8,11,13-14,16H2,1-5H3,(H,35,42)(H2,36,37,43)/t27-,28?,29+/m0/s1. The molecule has 1 unspecified atom stereocenters. The third-order valence-electron chi connectivity index (χ3n) is 8.79. The second-order valence-electron chi connectivity index (χ2n) is 12.9. The second kappa shape index (κ2) is 11.9. The number of anilines is 1. The van der Waals surface area contributed by atoms with Crippen molar-refractivity contribution in [3.05, 3.63) is 88.9 Å². The molecule has 10 heteroatoms. The van der Waals surface area contributed by atoms with E-state index in [1.807, 2.05) is 42.6 Å². The van der Waals surface area contributed by atoms with Crippen molar-refractivity contribution in [1.29, 1.82) is 0 Å². The number of aromatic nitrogens is 3. The van der Waals surface area contributed by atoms with E-state index in [1.54, 1.807) is 13.1 Å². The molecule has 4 aromatic rings. The molecule has 1 aliphatic carbocycles. The molecule has 10 nitrogen and oxygen atoms in total. The average Bonchev–Trinajstić information content (AvgIpc) is 3.62. The van der Waals surface area contributed by atoms with Crippen LogP contribution in [0.2, 0.25) is 0 Å². The van der Waals surface area contributed by atoms with Crippen molar-refractivity contribution in [2.24, 2.45) is 0 Å². The number of rotatable bonds is 6. The summed E-state index contributed by atoms with van der Waals surface area (Å²) in [6.07, 6.45) is 5.51. The maximum absolute atomic E-state index is 13.3. The van der Waals surface area contributed by atoms with Crippen LogP contribution in [0.15, 0.2) is 60.8 Å². The Hall–Kier alpha value is -4.44. The van der Waals surface area contributed by atoms with E-state index in [9.17, 15) is 9.59 Å². The summed E-state index contributed by atoms with van der Waals surface area (Å²) in [6.45, 7) is 7.29. The lowest BCUT2D eigenvalue weighted by Gasteiger charge is -2.32. The number of likely N-dealkylation sites (tertiary alicyclic amines) is 1. The van der Waals surface area contributed by atoms with Gasteiger partial charge in [-0.1, -0.05) is 45.0 Å². The van der Waals surface area contributed by atoms with E-state index in [-0.39, 0.29) is 35.5 Å². The normalized spacial score (nSPS) is 20.2. The summed E-state index contributed by atoms with van der Waals surface area (Å²) in [5.74, 6) is 1.51. The zero-order valence-electron chi connectivity index (χ0n) is 26.1. The Kier molecular flexibility index (Phi) is 8.02. The number of carbonyl (C=O) groups excluding carboxylic acids is 2. The average molecular weight is 596 g/mol. The lowest BCUT2D eigenvalue weighted by molar-refractivity contribution is 0.0963. The minimum atomic E-state index is -0.319. The highest BCUT2D eigenvalue weighted by Gasteiger charge is 2.31. The first kappa shape index (κ1) is 29.6. The van der Waals surface area contributed by atoms with Crippen molar-refractivity contribution in [3.8, 4) is 5.75 Å². The monoisotopic (exact) mass is 595 g/mol. The van der Waals surface area contributed by atoms with Gasteiger partial charge in [0, 0.05) is 18.3 Å². The Balaban J connectivity index is 1.19. The van der Waals surface area contributed by atoms with Gasteiger partial charge in [-0.2, -0.15) is 0 Å². The van der Waals surface area contributed by atoms with Gasteiger partial charge >= 0.3 is 6.03 Å². The number of nitrogens with one attached hydrogen (secondary N) is 3. The molecule has 0 bridgehead atoms. The van der Waals surface area contributed by atoms with Gasteiger partial charge < -0.3 is 20.7 Å². The fraction of sp³-hybridized carbons (Fsp3) is 0.412. The lowest BCUT2D eigenvalue weighted by Crippen LogP contribution is -2.35. The molecule has 1 fully saturated rings. The second-order valence-corrected chi connectivity index (χ2v) is 12.9. The van der Waals surface area contributed by atoms with Crippen LogP contribution in [-0.4, -0.2) is 52.1 Å². The van der Waals surface area contributed by atoms with Crippen LogP contribution in [0.1, 0.15) is 97.5 Å². The Morgan fingerprint density at radius 1 is 0.977 bits per heavy atom. The van der Waals surface area contributed by atoms with Gasteiger partial charge in [-0.25, -0.2) is 4.79 Å². The number of hydrogen-bond acceptors (Lipinski definition) is 6. The predicted octanol–water partition coefficient (Wildman–Crippen LogP) is 5.93. The molecule has 0 saturated carbocycles. The number of carbonyl (C=O) groups is 2. The maximum Gasteiger partial charge on any atom is 0.319 e. The quantitative estimate of drug-likeness (QED) is 0.255. The van der Waals surface area contributed by atoms with E-state index in [2.05, 4.69) is 75.4 Å². The number of fused-ring (bicyclic) bond motifs is 2. The summed E-state index contributed by atoms with van der Waals surface area (Å²) >= 11 is 0. The van der Waals surface area contributed by atoms with Crippen molar-refractivity contribution in [2.75, 3.05) is 26.0 Å². The minimum absolute atomic E-state index is 0.155. The molecule has 1 aliphatic heterocycles. The molecular weight excluding hydrogens is 554 g/mol. The van der Waals surface area contributed by atoms with E-state index < -0.39 is 0 Å². The maximum atomic E-state index is 13.3. The zero-order chi connectivity index (χ0) is 31.0. The topological polar surface area (TPSA) is 113 Å². The molecular formula is C34H41N7O3. The third-order valence-corrected chi connectivity index (χ3v) is 8.79. The van der Waals surface area contributed by atoms with Crippen LogP contribution >= 0.6 is 0 Å². The summed E-state index contributed by atoms with van der Waals surface area (Å²) in [7, 11) is 3.73. The third kappa shape index (κ3) is 5.99. The molecule has 0 spiro atoms. The van der Waals surface area contributed by atoms with Crippen molar-refractivity contribution in [2.45, 2.75) is 70.1 Å². The largest absolute Gasteiger partial charge is 0.484 e. The molecule has 6 rings (SSSR count). The highest BCUT2D eigenvalue weighted by Crippen LogP contribution is 2.39. The van der Waals surface area contributed by atoms with Crippen molar-refractivity contribution >= 4 is 23.3 Å². The first-order chi connectivity index (χ1) is 21.1. The summed E-state index contributed by atoms with van der Waals surface area (Å²) in [6, 6.07) is 17.3.